The highest BCUT2D eigenvalue weighted by Crippen LogP contribution is 2.29. The van der Waals surface area contributed by atoms with E-state index in [0.29, 0.717) is 17.9 Å². The number of hydrogen-bond acceptors (Lipinski definition) is 2. The summed E-state index contributed by atoms with van der Waals surface area (Å²) in [4.78, 5) is 0. The number of fused-ring (bicyclic) bond motifs is 1. The van der Waals surface area contributed by atoms with Crippen LogP contribution in [0.4, 0.5) is 4.39 Å². The molecule has 3 rings (SSSR count). The van der Waals surface area contributed by atoms with E-state index in [1.165, 1.54) is 11.6 Å². The summed E-state index contributed by atoms with van der Waals surface area (Å²) < 4.78 is 19.7. The molecule has 0 fully saturated rings. The minimum atomic E-state index is -0.214. The SMILES string of the molecule is CNCc1ccc(-c2cc3cc(C)ccc3o2)cc1F. The zero-order valence-corrected chi connectivity index (χ0v) is 11.5. The van der Waals surface area contributed by atoms with Crippen LogP contribution >= 0.6 is 0 Å². The van der Waals surface area contributed by atoms with Crippen LogP contribution in [0.2, 0.25) is 0 Å². The van der Waals surface area contributed by atoms with Gasteiger partial charge in [-0.2, -0.15) is 0 Å². The molecule has 20 heavy (non-hydrogen) atoms. The third kappa shape index (κ3) is 2.32. The van der Waals surface area contributed by atoms with Crippen molar-refractivity contribution in [1.29, 1.82) is 0 Å². The van der Waals surface area contributed by atoms with E-state index in [1.54, 1.807) is 13.1 Å². The van der Waals surface area contributed by atoms with E-state index in [9.17, 15) is 4.39 Å². The van der Waals surface area contributed by atoms with E-state index in [4.69, 9.17) is 4.42 Å². The lowest BCUT2D eigenvalue weighted by molar-refractivity contribution is 0.597. The van der Waals surface area contributed by atoms with Gasteiger partial charge in [0.05, 0.1) is 0 Å². The summed E-state index contributed by atoms with van der Waals surface area (Å²) in [6, 6.07) is 13.2. The van der Waals surface area contributed by atoms with Crippen LogP contribution in [0.15, 0.2) is 46.9 Å². The second-order valence-electron chi connectivity index (χ2n) is 4.99. The number of halogens is 1. The highest BCUT2D eigenvalue weighted by molar-refractivity contribution is 5.83. The van der Waals surface area contributed by atoms with Crippen molar-refractivity contribution in [1.82, 2.24) is 5.32 Å². The molecule has 0 atom stereocenters. The fraction of sp³-hybridized carbons (Fsp3) is 0.176. The van der Waals surface area contributed by atoms with Gasteiger partial charge in [0.25, 0.3) is 0 Å². The Morgan fingerprint density at radius 3 is 2.70 bits per heavy atom. The van der Waals surface area contributed by atoms with Gasteiger partial charge in [-0.3, -0.25) is 0 Å². The number of rotatable bonds is 3. The van der Waals surface area contributed by atoms with Crippen molar-refractivity contribution < 1.29 is 8.81 Å². The molecular weight excluding hydrogens is 253 g/mol. The predicted molar refractivity (Wildman–Crippen MR) is 79.1 cm³/mol. The lowest BCUT2D eigenvalue weighted by Crippen LogP contribution is -2.06. The third-order valence-corrected chi connectivity index (χ3v) is 3.38. The van der Waals surface area contributed by atoms with Crippen molar-refractivity contribution in [2.24, 2.45) is 0 Å². The summed E-state index contributed by atoms with van der Waals surface area (Å²) in [5.41, 5.74) is 3.42. The highest BCUT2D eigenvalue weighted by atomic mass is 19.1. The Labute approximate surface area is 117 Å². The lowest BCUT2D eigenvalue weighted by atomic mass is 10.1. The van der Waals surface area contributed by atoms with E-state index in [0.717, 1.165) is 16.5 Å². The maximum atomic E-state index is 14.0. The van der Waals surface area contributed by atoms with Crippen LogP contribution < -0.4 is 5.32 Å². The summed E-state index contributed by atoms with van der Waals surface area (Å²) in [6.07, 6.45) is 0. The molecule has 3 aromatic rings. The summed E-state index contributed by atoms with van der Waals surface area (Å²) in [5, 5.41) is 3.99. The Morgan fingerprint density at radius 1 is 1.10 bits per heavy atom. The van der Waals surface area contributed by atoms with E-state index in [1.807, 2.05) is 31.2 Å². The fourth-order valence-electron chi connectivity index (χ4n) is 2.34. The van der Waals surface area contributed by atoms with Crippen LogP contribution in [0, 0.1) is 12.7 Å². The predicted octanol–water partition coefficient (Wildman–Crippen LogP) is 4.27. The first-order valence-corrected chi connectivity index (χ1v) is 6.61. The monoisotopic (exact) mass is 269 g/mol. The molecule has 0 saturated heterocycles. The molecule has 102 valence electrons. The van der Waals surface area contributed by atoms with Crippen LogP contribution in [0.5, 0.6) is 0 Å². The minimum absolute atomic E-state index is 0.214. The average Bonchev–Trinajstić information content (AvgIpc) is 2.84. The Bertz CT molecular complexity index is 761. The highest BCUT2D eigenvalue weighted by Gasteiger charge is 2.09. The zero-order valence-electron chi connectivity index (χ0n) is 11.5. The van der Waals surface area contributed by atoms with Gasteiger partial charge >= 0.3 is 0 Å². The molecule has 3 heteroatoms. The Balaban J connectivity index is 2.04. The maximum Gasteiger partial charge on any atom is 0.135 e. The summed E-state index contributed by atoms with van der Waals surface area (Å²) >= 11 is 0. The average molecular weight is 269 g/mol. The van der Waals surface area contributed by atoms with Crippen molar-refractivity contribution in [2.45, 2.75) is 13.5 Å². The van der Waals surface area contributed by atoms with Gasteiger partial charge in [0.2, 0.25) is 0 Å². The van der Waals surface area contributed by atoms with Gasteiger partial charge in [-0.25, -0.2) is 4.39 Å². The first-order chi connectivity index (χ1) is 9.67. The summed E-state index contributed by atoms with van der Waals surface area (Å²) in [7, 11) is 1.80. The smallest absolute Gasteiger partial charge is 0.135 e. The van der Waals surface area contributed by atoms with E-state index < -0.39 is 0 Å². The molecule has 0 aliphatic rings. The van der Waals surface area contributed by atoms with Gasteiger partial charge in [0, 0.05) is 23.1 Å². The van der Waals surface area contributed by atoms with Gasteiger partial charge in [0.1, 0.15) is 17.2 Å². The molecule has 0 radical (unpaired) electrons. The third-order valence-electron chi connectivity index (χ3n) is 3.38. The number of nitrogens with one attached hydrogen (secondary N) is 1. The quantitative estimate of drug-likeness (QED) is 0.768. The molecule has 0 aliphatic heterocycles. The number of aryl methyl sites for hydroxylation is 1. The topological polar surface area (TPSA) is 25.2 Å². The number of benzene rings is 2. The molecule has 0 aliphatic carbocycles. The van der Waals surface area contributed by atoms with E-state index in [2.05, 4.69) is 11.4 Å². The van der Waals surface area contributed by atoms with Crippen LogP contribution in [0.3, 0.4) is 0 Å². The molecule has 0 spiro atoms. The molecule has 2 nitrogen and oxygen atoms in total. The second kappa shape index (κ2) is 5.10. The van der Waals surface area contributed by atoms with Gasteiger partial charge in [-0.15, -0.1) is 0 Å². The summed E-state index contributed by atoms with van der Waals surface area (Å²) in [6.45, 7) is 2.56. The molecule has 0 amide bonds. The number of hydrogen-bond donors (Lipinski definition) is 1. The molecular formula is C17H16FNO. The van der Waals surface area contributed by atoms with Gasteiger partial charge < -0.3 is 9.73 Å². The van der Waals surface area contributed by atoms with Crippen molar-refractivity contribution >= 4 is 11.0 Å². The molecule has 1 heterocycles. The summed E-state index contributed by atoms with van der Waals surface area (Å²) in [5.74, 6) is 0.481. The van der Waals surface area contributed by atoms with Crippen molar-refractivity contribution in [3.8, 4) is 11.3 Å². The minimum Gasteiger partial charge on any atom is -0.456 e. The van der Waals surface area contributed by atoms with Crippen LogP contribution in [-0.4, -0.2) is 7.05 Å². The van der Waals surface area contributed by atoms with Crippen LogP contribution in [0.25, 0.3) is 22.3 Å². The Morgan fingerprint density at radius 2 is 1.95 bits per heavy atom. The van der Waals surface area contributed by atoms with Gasteiger partial charge in [-0.1, -0.05) is 23.8 Å². The molecule has 1 aromatic heterocycles. The molecule has 2 aromatic carbocycles. The molecule has 0 bridgehead atoms. The first kappa shape index (κ1) is 12.9. The number of furan rings is 1. The van der Waals surface area contributed by atoms with E-state index in [-0.39, 0.29) is 5.82 Å². The van der Waals surface area contributed by atoms with E-state index >= 15 is 0 Å². The Kier molecular flexibility index (Phi) is 3.28. The van der Waals surface area contributed by atoms with Crippen molar-refractivity contribution in [3.05, 3.63) is 59.4 Å². The largest absolute Gasteiger partial charge is 0.456 e. The van der Waals surface area contributed by atoms with Crippen molar-refractivity contribution in [3.63, 3.8) is 0 Å². The fourth-order valence-corrected chi connectivity index (χ4v) is 2.34. The van der Waals surface area contributed by atoms with Gasteiger partial charge in [0.15, 0.2) is 0 Å². The second-order valence-corrected chi connectivity index (χ2v) is 4.99. The standard InChI is InChI=1S/C17H16FNO/c1-11-3-6-16-14(7-11)9-17(20-16)12-4-5-13(10-19-2)15(18)8-12/h3-9,19H,10H2,1-2H3. The maximum absolute atomic E-state index is 14.0. The first-order valence-electron chi connectivity index (χ1n) is 6.61. The normalized spacial score (nSPS) is 11.2. The lowest BCUT2D eigenvalue weighted by Gasteiger charge is -2.03. The molecule has 0 unspecified atom stereocenters. The zero-order chi connectivity index (χ0) is 14.1. The van der Waals surface area contributed by atoms with Crippen molar-refractivity contribution in [2.75, 3.05) is 7.05 Å². The van der Waals surface area contributed by atoms with Crippen LogP contribution in [0.1, 0.15) is 11.1 Å². The Hall–Kier alpha value is -2.13. The molecule has 1 N–H and O–H groups in total. The van der Waals surface area contributed by atoms with Gasteiger partial charge in [-0.05, 0) is 38.2 Å². The molecule has 0 saturated carbocycles. The van der Waals surface area contributed by atoms with Crippen LogP contribution in [-0.2, 0) is 6.54 Å².